The SMILES string of the molecule is CCCCC[C@@H](NC(=O)OC(C)(C)C)C(=O)O. The number of hydrogen-bond acceptors (Lipinski definition) is 3. The van der Waals surface area contributed by atoms with E-state index >= 15 is 0 Å². The lowest BCUT2D eigenvalue weighted by Gasteiger charge is -2.21. The summed E-state index contributed by atoms with van der Waals surface area (Å²) in [6.07, 6.45) is 2.51. The van der Waals surface area contributed by atoms with Crippen molar-refractivity contribution in [1.82, 2.24) is 5.32 Å². The molecule has 0 aromatic carbocycles. The van der Waals surface area contributed by atoms with E-state index in [0.717, 1.165) is 19.3 Å². The van der Waals surface area contributed by atoms with Gasteiger partial charge in [-0.05, 0) is 27.2 Å². The lowest BCUT2D eigenvalue weighted by Crippen LogP contribution is -2.43. The molecule has 0 fully saturated rings. The van der Waals surface area contributed by atoms with Gasteiger partial charge in [-0.25, -0.2) is 9.59 Å². The van der Waals surface area contributed by atoms with Gasteiger partial charge in [0, 0.05) is 0 Å². The maximum Gasteiger partial charge on any atom is 0.408 e. The molecule has 0 aromatic rings. The third-order valence-electron chi connectivity index (χ3n) is 2.09. The smallest absolute Gasteiger partial charge is 0.408 e. The van der Waals surface area contributed by atoms with Crippen LogP contribution in [0.3, 0.4) is 0 Å². The molecule has 0 saturated heterocycles. The summed E-state index contributed by atoms with van der Waals surface area (Å²) in [5.74, 6) is -1.02. The molecule has 0 saturated carbocycles. The van der Waals surface area contributed by atoms with E-state index in [1.54, 1.807) is 20.8 Å². The Morgan fingerprint density at radius 1 is 1.29 bits per heavy atom. The van der Waals surface area contributed by atoms with Gasteiger partial charge in [-0.1, -0.05) is 26.2 Å². The largest absolute Gasteiger partial charge is 0.480 e. The van der Waals surface area contributed by atoms with Crippen molar-refractivity contribution < 1.29 is 19.4 Å². The molecule has 5 heteroatoms. The Morgan fingerprint density at radius 3 is 2.29 bits per heavy atom. The minimum absolute atomic E-state index is 0.433. The first-order valence-corrected chi connectivity index (χ1v) is 5.98. The summed E-state index contributed by atoms with van der Waals surface area (Å²) >= 11 is 0. The summed E-state index contributed by atoms with van der Waals surface area (Å²) in [6.45, 7) is 7.25. The van der Waals surface area contributed by atoms with Crippen molar-refractivity contribution in [3.8, 4) is 0 Å². The van der Waals surface area contributed by atoms with Gasteiger partial charge in [0.2, 0.25) is 0 Å². The summed E-state index contributed by atoms with van der Waals surface area (Å²) in [4.78, 5) is 22.3. The van der Waals surface area contributed by atoms with Crippen LogP contribution in [0.4, 0.5) is 4.79 Å². The summed E-state index contributed by atoms with van der Waals surface area (Å²) in [7, 11) is 0. The molecule has 100 valence electrons. The first-order valence-electron chi connectivity index (χ1n) is 5.98. The lowest BCUT2D eigenvalue weighted by molar-refractivity contribution is -0.139. The van der Waals surface area contributed by atoms with Crippen molar-refractivity contribution in [3.63, 3.8) is 0 Å². The average Bonchev–Trinajstić information content (AvgIpc) is 2.13. The number of nitrogens with one attached hydrogen (secondary N) is 1. The number of carbonyl (C=O) groups excluding carboxylic acids is 1. The summed E-state index contributed by atoms with van der Waals surface area (Å²) in [5, 5.41) is 11.3. The second-order valence-corrected chi connectivity index (χ2v) is 5.03. The molecule has 0 bridgehead atoms. The van der Waals surface area contributed by atoms with E-state index in [2.05, 4.69) is 5.32 Å². The van der Waals surface area contributed by atoms with Gasteiger partial charge in [0.15, 0.2) is 0 Å². The lowest BCUT2D eigenvalue weighted by atomic mass is 10.1. The topological polar surface area (TPSA) is 75.6 Å². The van der Waals surface area contributed by atoms with Crippen LogP contribution in [0, 0.1) is 0 Å². The van der Waals surface area contributed by atoms with E-state index in [4.69, 9.17) is 9.84 Å². The number of carboxylic acids is 1. The number of aliphatic carboxylic acids is 1. The van der Waals surface area contributed by atoms with Crippen molar-refractivity contribution in [2.75, 3.05) is 0 Å². The molecule has 0 radical (unpaired) electrons. The van der Waals surface area contributed by atoms with Crippen LogP contribution in [0.5, 0.6) is 0 Å². The van der Waals surface area contributed by atoms with E-state index in [1.807, 2.05) is 6.92 Å². The van der Waals surface area contributed by atoms with E-state index in [0.29, 0.717) is 6.42 Å². The van der Waals surface area contributed by atoms with Crippen molar-refractivity contribution in [3.05, 3.63) is 0 Å². The fraction of sp³-hybridized carbons (Fsp3) is 0.833. The highest BCUT2D eigenvalue weighted by atomic mass is 16.6. The molecule has 0 aromatic heterocycles. The summed E-state index contributed by atoms with van der Waals surface area (Å²) in [5.41, 5.74) is -0.615. The first kappa shape index (κ1) is 15.7. The number of carbonyl (C=O) groups is 2. The predicted molar refractivity (Wildman–Crippen MR) is 64.9 cm³/mol. The van der Waals surface area contributed by atoms with Crippen LogP contribution >= 0.6 is 0 Å². The quantitative estimate of drug-likeness (QED) is 0.705. The molecule has 5 nitrogen and oxygen atoms in total. The predicted octanol–water partition coefficient (Wildman–Crippen LogP) is 2.54. The van der Waals surface area contributed by atoms with Gasteiger partial charge in [-0.2, -0.15) is 0 Å². The van der Waals surface area contributed by atoms with E-state index in [9.17, 15) is 9.59 Å². The fourth-order valence-electron chi connectivity index (χ4n) is 1.31. The Morgan fingerprint density at radius 2 is 1.88 bits per heavy atom. The maximum absolute atomic E-state index is 11.4. The first-order chi connectivity index (χ1) is 7.76. The Hall–Kier alpha value is -1.26. The van der Waals surface area contributed by atoms with Crippen LogP contribution in [-0.2, 0) is 9.53 Å². The maximum atomic E-state index is 11.4. The monoisotopic (exact) mass is 245 g/mol. The third-order valence-corrected chi connectivity index (χ3v) is 2.09. The fourth-order valence-corrected chi connectivity index (χ4v) is 1.31. The number of hydrogen-bond donors (Lipinski definition) is 2. The van der Waals surface area contributed by atoms with Crippen molar-refractivity contribution in [2.24, 2.45) is 0 Å². The summed E-state index contributed by atoms with van der Waals surface area (Å²) in [6, 6.07) is -0.864. The minimum atomic E-state index is -1.02. The van der Waals surface area contributed by atoms with Crippen LogP contribution < -0.4 is 5.32 Å². The number of ether oxygens (including phenoxy) is 1. The Kier molecular flexibility index (Phi) is 6.61. The minimum Gasteiger partial charge on any atom is -0.480 e. The van der Waals surface area contributed by atoms with Gasteiger partial charge in [0.05, 0.1) is 0 Å². The zero-order valence-electron chi connectivity index (χ0n) is 11.1. The zero-order chi connectivity index (χ0) is 13.5. The Balaban J connectivity index is 4.16. The third kappa shape index (κ3) is 8.54. The van der Waals surface area contributed by atoms with E-state index < -0.39 is 23.7 Å². The van der Waals surface area contributed by atoms with Crippen molar-refractivity contribution in [1.29, 1.82) is 0 Å². The second-order valence-electron chi connectivity index (χ2n) is 5.03. The highest BCUT2D eigenvalue weighted by Crippen LogP contribution is 2.08. The summed E-state index contributed by atoms with van der Waals surface area (Å²) < 4.78 is 5.01. The molecule has 1 amide bonds. The number of amides is 1. The molecule has 2 N–H and O–H groups in total. The van der Waals surface area contributed by atoms with Crippen molar-refractivity contribution >= 4 is 12.1 Å². The molecule has 0 rings (SSSR count). The average molecular weight is 245 g/mol. The van der Waals surface area contributed by atoms with Crippen LogP contribution in [0.1, 0.15) is 53.4 Å². The van der Waals surface area contributed by atoms with Gasteiger partial charge in [0.25, 0.3) is 0 Å². The van der Waals surface area contributed by atoms with Gasteiger partial charge in [0.1, 0.15) is 11.6 Å². The van der Waals surface area contributed by atoms with Gasteiger partial charge < -0.3 is 15.2 Å². The van der Waals surface area contributed by atoms with Crippen LogP contribution in [-0.4, -0.2) is 28.8 Å². The molecular weight excluding hydrogens is 222 g/mol. The Bertz CT molecular complexity index is 258. The van der Waals surface area contributed by atoms with Gasteiger partial charge in [-0.15, -0.1) is 0 Å². The van der Waals surface area contributed by atoms with E-state index in [1.165, 1.54) is 0 Å². The molecule has 0 aliphatic rings. The molecule has 0 spiro atoms. The van der Waals surface area contributed by atoms with Crippen LogP contribution in [0.15, 0.2) is 0 Å². The highest BCUT2D eigenvalue weighted by Gasteiger charge is 2.23. The van der Waals surface area contributed by atoms with Gasteiger partial charge in [-0.3, -0.25) is 0 Å². The van der Waals surface area contributed by atoms with Gasteiger partial charge >= 0.3 is 12.1 Å². The normalized spacial score (nSPS) is 12.9. The number of rotatable bonds is 6. The van der Waals surface area contributed by atoms with Crippen molar-refractivity contribution in [2.45, 2.75) is 65.0 Å². The molecule has 1 atom stereocenters. The van der Waals surface area contributed by atoms with E-state index in [-0.39, 0.29) is 0 Å². The number of carboxylic acid groups (broad SMARTS) is 1. The standard InChI is InChI=1S/C12H23NO4/c1-5-6-7-8-9(10(14)15)13-11(16)17-12(2,3)4/h9H,5-8H2,1-4H3,(H,13,16)(H,14,15)/t9-/m1/s1. The number of alkyl carbamates (subject to hydrolysis) is 1. The number of unbranched alkanes of at least 4 members (excludes halogenated alkanes) is 2. The molecule has 0 aliphatic heterocycles. The second kappa shape index (κ2) is 7.14. The molecule has 0 heterocycles. The van der Waals surface area contributed by atoms with Crippen LogP contribution in [0.2, 0.25) is 0 Å². The van der Waals surface area contributed by atoms with Crippen LogP contribution in [0.25, 0.3) is 0 Å². The molecule has 17 heavy (non-hydrogen) atoms. The zero-order valence-corrected chi connectivity index (χ0v) is 11.1. The molecular formula is C12H23NO4. The molecule has 0 unspecified atom stereocenters. The Labute approximate surface area is 103 Å². The highest BCUT2D eigenvalue weighted by molar-refractivity contribution is 5.79. The molecule has 0 aliphatic carbocycles.